The molecule has 4 aromatic rings. The molecule has 0 aliphatic carbocycles. The summed E-state index contributed by atoms with van der Waals surface area (Å²) < 4.78 is 39.7. The van der Waals surface area contributed by atoms with Crippen molar-refractivity contribution in [3.05, 3.63) is 66.2 Å². The second-order valence-corrected chi connectivity index (χ2v) is 5.70. The van der Waals surface area contributed by atoms with Crippen LogP contribution in [0.1, 0.15) is 11.1 Å². The van der Waals surface area contributed by atoms with Gasteiger partial charge in [0, 0.05) is 29.5 Å². The molecule has 0 atom stereocenters. The third kappa shape index (κ3) is 2.31. The maximum atomic E-state index is 12.8. The van der Waals surface area contributed by atoms with Crippen LogP contribution in [0.15, 0.2) is 55.1 Å². The van der Waals surface area contributed by atoms with Crippen LogP contribution in [0.25, 0.3) is 27.4 Å². The number of benzene rings is 1. The van der Waals surface area contributed by atoms with E-state index in [0.717, 1.165) is 39.7 Å². The Morgan fingerprint density at radius 1 is 1.00 bits per heavy atom. The Labute approximate surface area is 135 Å². The lowest BCUT2D eigenvalue weighted by Crippen LogP contribution is -2.06. The van der Waals surface area contributed by atoms with Crippen LogP contribution >= 0.6 is 0 Å². The molecule has 3 nitrogen and oxygen atoms in total. The minimum atomic E-state index is -4.38. The Balaban J connectivity index is 1.89. The fraction of sp³-hybridized carbons (Fsp3) is 0.111. The molecule has 0 fully saturated rings. The molecule has 0 spiro atoms. The average molecular weight is 327 g/mol. The van der Waals surface area contributed by atoms with Gasteiger partial charge in [-0.25, -0.2) is 4.52 Å². The second-order valence-electron chi connectivity index (χ2n) is 5.70. The summed E-state index contributed by atoms with van der Waals surface area (Å²) in [4.78, 5) is 4.16. The van der Waals surface area contributed by atoms with E-state index in [1.807, 2.05) is 25.1 Å². The van der Waals surface area contributed by atoms with Gasteiger partial charge in [0.1, 0.15) is 0 Å². The fourth-order valence-electron chi connectivity index (χ4n) is 2.85. The van der Waals surface area contributed by atoms with Gasteiger partial charge in [-0.1, -0.05) is 12.1 Å². The Kier molecular flexibility index (Phi) is 3.09. The third-order valence-corrected chi connectivity index (χ3v) is 4.11. The summed E-state index contributed by atoms with van der Waals surface area (Å²) in [7, 11) is 0. The zero-order valence-corrected chi connectivity index (χ0v) is 12.7. The Morgan fingerprint density at radius 3 is 2.62 bits per heavy atom. The third-order valence-electron chi connectivity index (χ3n) is 4.11. The van der Waals surface area contributed by atoms with Crippen LogP contribution in [-0.2, 0) is 6.18 Å². The van der Waals surface area contributed by atoms with Gasteiger partial charge in [-0.15, -0.1) is 0 Å². The van der Waals surface area contributed by atoms with E-state index in [1.54, 1.807) is 18.6 Å². The summed E-state index contributed by atoms with van der Waals surface area (Å²) in [6.45, 7) is 1.98. The normalized spacial score (nSPS) is 12.2. The Morgan fingerprint density at radius 2 is 1.83 bits per heavy atom. The highest BCUT2D eigenvalue weighted by Crippen LogP contribution is 2.32. The van der Waals surface area contributed by atoms with Gasteiger partial charge >= 0.3 is 6.18 Å². The number of hydrogen-bond acceptors (Lipinski definition) is 2. The zero-order chi connectivity index (χ0) is 16.9. The standard InChI is InChI=1S/C18H12F3N3/c1-11-7-22-8-13-3-2-12(6-15(11)13)16-9-23-24-10-14(18(19,20)21)4-5-17(16)24/h2-10H,1H3. The summed E-state index contributed by atoms with van der Waals surface area (Å²) in [5.41, 5.74) is 2.66. The summed E-state index contributed by atoms with van der Waals surface area (Å²) in [5.74, 6) is 0. The van der Waals surface area contributed by atoms with E-state index in [4.69, 9.17) is 0 Å². The first-order valence-corrected chi connectivity index (χ1v) is 7.33. The molecule has 0 radical (unpaired) electrons. The molecule has 0 unspecified atom stereocenters. The Hall–Kier alpha value is -2.89. The number of fused-ring (bicyclic) bond motifs is 2. The van der Waals surface area contributed by atoms with Crippen molar-refractivity contribution < 1.29 is 13.2 Å². The topological polar surface area (TPSA) is 30.2 Å². The van der Waals surface area contributed by atoms with Gasteiger partial charge in [0.25, 0.3) is 0 Å². The van der Waals surface area contributed by atoms with Crippen LogP contribution in [0.4, 0.5) is 13.2 Å². The molecule has 3 heterocycles. The summed E-state index contributed by atoms with van der Waals surface area (Å²) in [6.07, 6.45) is 1.80. The van der Waals surface area contributed by atoms with Crippen LogP contribution in [0.5, 0.6) is 0 Å². The van der Waals surface area contributed by atoms with Gasteiger partial charge in [0.2, 0.25) is 0 Å². The molecule has 0 bridgehead atoms. The molecule has 24 heavy (non-hydrogen) atoms. The molecule has 0 saturated carbocycles. The average Bonchev–Trinajstić information content (AvgIpc) is 2.97. The smallest absolute Gasteiger partial charge is 0.264 e. The maximum absolute atomic E-state index is 12.8. The zero-order valence-electron chi connectivity index (χ0n) is 12.7. The predicted octanol–water partition coefficient (Wildman–Crippen LogP) is 4.88. The number of hydrogen-bond donors (Lipinski definition) is 0. The molecule has 0 amide bonds. The number of rotatable bonds is 1. The summed E-state index contributed by atoms with van der Waals surface area (Å²) in [5, 5.41) is 6.16. The molecule has 6 heteroatoms. The molecule has 120 valence electrons. The molecule has 0 saturated heterocycles. The van der Waals surface area contributed by atoms with Gasteiger partial charge in [-0.3, -0.25) is 4.98 Å². The van der Waals surface area contributed by atoms with E-state index in [9.17, 15) is 13.2 Å². The number of aryl methyl sites for hydroxylation is 1. The lowest BCUT2D eigenvalue weighted by molar-refractivity contribution is -0.137. The minimum absolute atomic E-state index is 0.633. The van der Waals surface area contributed by atoms with Gasteiger partial charge in [0.15, 0.2) is 0 Å². The first-order chi connectivity index (χ1) is 11.4. The molecule has 0 aliphatic heterocycles. The van der Waals surface area contributed by atoms with Crippen molar-refractivity contribution in [3.63, 3.8) is 0 Å². The van der Waals surface area contributed by atoms with Crippen molar-refractivity contribution in [1.29, 1.82) is 0 Å². The van der Waals surface area contributed by atoms with Crippen LogP contribution in [0.3, 0.4) is 0 Å². The first-order valence-electron chi connectivity index (χ1n) is 7.33. The molecule has 3 aromatic heterocycles. The minimum Gasteiger partial charge on any atom is -0.264 e. The number of pyridine rings is 2. The van der Waals surface area contributed by atoms with E-state index in [2.05, 4.69) is 10.1 Å². The van der Waals surface area contributed by atoms with Crippen molar-refractivity contribution in [3.8, 4) is 11.1 Å². The lowest BCUT2D eigenvalue weighted by Gasteiger charge is -2.07. The first kappa shape index (κ1) is 14.7. The SMILES string of the molecule is Cc1cncc2ccc(-c3cnn4cc(C(F)(F)F)ccc34)cc12. The van der Waals surface area contributed by atoms with E-state index >= 15 is 0 Å². The highest BCUT2D eigenvalue weighted by molar-refractivity contribution is 5.91. The van der Waals surface area contributed by atoms with Crippen LogP contribution < -0.4 is 0 Å². The van der Waals surface area contributed by atoms with Crippen molar-refractivity contribution in [1.82, 2.24) is 14.6 Å². The maximum Gasteiger partial charge on any atom is 0.417 e. The van der Waals surface area contributed by atoms with Gasteiger partial charge < -0.3 is 0 Å². The molecular weight excluding hydrogens is 315 g/mol. The number of nitrogens with zero attached hydrogens (tertiary/aromatic N) is 3. The predicted molar refractivity (Wildman–Crippen MR) is 85.7 cm³/mol. The molecular formula is C18H12F3N3. The van der Waals surface area contributed by atoms with E-state index < -0.39 is 11.7 Å². The Bertz CT molecular complexity index is 1060. The van der Waals surface area contributed by atoms with E-state index in [1.165, 1.54) is 10.6 Å². The largest absolute Gasteiger partial charge is 0.417 e. The monoisotopic (exact) mass is 327 g/mol. The van der Waals surface area contributed by atoms with E-state index in [0.29, 0.717) is 5.52 Å². The molecule has 0 aliphatic rings. The van der Waals surface area contributed by atoms with Crippen molar-refractivity contribution >= 4 is 16.3 Å². The summed E-state index contributed by atoms with van der Waals surface area (Å²) >= 11 is 0. The number of halogens is 3. The van der Waals surface area contributed by atoms with Crippen molar-refractivity contribution in [2.24, 2.45) is 0 Å². The highest BCUT2D eigenvalue weighted by atomic mass is 19.4. The highest BCUT2D eigenvalue weighted by Gasteiger charge is 2.31. The molecule has 0 N–H and O–H groups in total. The van der Waals surface area contributed by atoms with Gasteiger partial charge in [0.05, 0.1) is 17.3 Å². The molecule has 1 aromatic carbocycles. The van der Waals surface area contributed by atoms with Crippen LogP contribution in [0, 0.1) is 6.92 Å². The van der Waals surface area contributed by atoms with E-state index in [-0.39, 0.29) is 0 Å². The van der Waals surface area contributed by atoms with Crippen molar-refractivity contribution in [2.75, 3.05) is 0 Å². The van der Waals surface area contributed by atoms with Gasteiger partial charge in [-0.2, -0.15) is 18.3 Å². The van der Waals surface area contributed by atoms with Crippen LogP contribution in [-0.4, -0.2) is 14.6 Å². The number of alkyl halides is 3. The summed E-state index contributed by atoms with van der Waals surface area (Å²) in [6, 6.07) is 8.43. The number of aromatic nitrogens is 3. The quantitative estimate of drug-likeness (QED) is 0.499. The van der Waals surface area contributed by atoms with Crippen molar-refractivity contribution in [2.45, 2.75) is 13.1 Å². The lowest BCUT2D eigenvalue weighted by atomic mass is 10.0. The molecule has 4 rings (SSSR count). The van der Waals surface area contributed by atoms with Gasteiger partial charge in [-0.05, 0) is 41.6 Å². The van der Waals surface area contributed by atoms with Crippen LogP contribution in [0.2, 0.25) is 0 Å². The fourth-order valence-corrected chi connectivity index (χ4v) is 2.85. The second kappa shape index (κ2) is 5.06.